The Hall–Kier alpha value is -0.810. The molecule has 5 heteroatoms. The maximum absolute atomic E-state index is 10.3. The molecular formula is C8H17N3O2. The second-order valence-electron chi connectivity index (χ2n) is 3.35. The van der Waals surface area contributed by atoms with Gasteiger partial charge in [0.05, 0.1) is 6.10 Å². The quantitative estimate of drug-likeness (QED) is 0.433. The van der Waals surface area contributed by atoms with Crippen LogP contribution in [0.5, 0.6) is 0 Å². The van der Waals surface area contributed by atoms with E-state index in [1.807, 2.05) is 0 Å². The van der Waals surface area contributed by atoms with Gasteiger partial charge in [-0.3, -0.25) is 0 Å². The van der Waals surface area contributed by atoms with E-state index < -0.39 is 6.03 Å². The molecule has 0 aromatic rings. The molecule has 1 saturated carbocycles. The van der Waals surface area contributed by atoms with E-state index >= 15 is 0 Å². The molecule has 0 radical (unpaired) electrons. The number of hydrogen-bond acceptors (Lipinski definition) is 3. The zero-order valence-electron chi connectivity index (χ0n) is 7.62. The molecule has 0 unspecified atom stereocenters. The van der Waals surface area contributed by atoms with Crippen LogP contribution in [0, 0.1) is 0 Å². The minimum absolute atomic E-state index is 0.190. The number of primary amides is 1. The predicted molar refractivity (Wildman–Crippen MR) is 49.2 cm³/mol. The summed E-state index contributed by atoms with van der Waals surface area (Å²) in [6.07, 6.45) is 2.73. The largest absolute Gasteiger partial charge is 0.392 e. The number of aliphatic hydroxyl groups excluding tert-OH is 1. The second-order valence-corrected chi connectivity index (χ2v) is 3.35. The van der Waals surface area contributed by atoms with Crippen molar-refractivity contribution in [2.75, 3.05) is 13.1 Å². The number of amides is 2. The Morgan fingerprint density at radius 3 is 2.77 bits per heavy atom. The predicted octanol–water partition coefficient (Wildman–Crippen LogP) is -0.842. The molecule has 2 atom stereocenters. The minimum Gasteiger partial charge on any atom is -0.392 e. The Morgan fingerprint density at radius 2 is 2.23 bits per heavy atom. The number of nitrogens with one attached hydrogen (secondary N) is 2. The van der Waals surface area contributed by atoms with Gasteiger partial charge >= 0.3 is 6.03 Å². The van der Waals surface area contributed by atoms with Crippen LogP contribution in [0.15, 0.2) is 0 Å². The average molecular weight is 187 g/mol. The van der Waals surface area contributed by atoms with Crippen molar-refractivity contribution in [1.82, 2.24) is 10.6 Å². The van der Waals surface area contributed by atoms with Crippen molar-refractivity contribution in [3.63, 3.8) is 0 Å². The summed E-state index contributed by atoms with van der Waals surface area (Å²) < 4.78 is 0. The van der Waals surface area contributed by atoms with Crippen LogP contribution in [-0.4, -0.2) is 36.4 Å². The summed E-state index contributed by atoms with van der Waals surface area (Å²) in [4.78, 5) is 10.3. The van der Waals surface area contributed by atoms with Gasteiger partial charge in [0.2, 0.25) is 0 Å². The zero-order chi connectivity index (χ0) is 9.68. The monoisotopic (exact) mass is 187 g/mol. The van der Waals surface area contributed by atoms with Crippen molar-refractivity contribution >= 4 is 6.03 Å². The molecule has 1 aliphatic carbocycles. The molecule has 13 heavy (non-hydrogen) atoms. The first-order valence-corrected chi connectivity index (χ1v) is 4.65. The van der Waals surface area contributed by atoms with Gasteiger partial charge in [0.25, 0.3) is 0 Å². The second kappa shape index (κ2) is 5.04. The van der Waals surface area contributed by atoms with Crippen LogP contribution in [-0.2, 0) is 0 Å². The summed E-state index contributed by atoms with van der Waals surface area (Å²) in [5.74, 6) is 0. The smallest absolute Gasteiger partial charge is 0.312 e. The molecule has 0 heterocycles. The van der Waals surface area contributed by atoms with Crippen LogP contribution in [0.1, 0.15) is 19.3 Å². The van der Waals surface area contributed by atoms with E-state index in [4.69, 9.17) is 5.73 Å². The highest BCUT2D eigenvalue weighted by atomic mass is 16.3. The Morgan fingerprint density at radius 1 is 1.46 bits per heavy atom. The van der Waals surface area contributed by atoms with Gasteiger partial charge in [-0.2, -0.15) is 0 Å². The first kappa shape index (κ1) is 10.3. The Kier molecular flexibility index (Phi) is 3.98. The zero-order valence-corrected chi connectivity index (χ0v) is 7.62. The van der Waals surface area contributed by atoms with Crippen LogP contribution in [0.2, 0.25) is 0 Å². The van der Waals surface area contributed by atoms with Crippen molar-refractivity contribution in [3.8, 4) is 0 Å². The summed E-state index contributed by atoms with van der Waals surface area (Å²) in [6, 6.07) is -0.316. The molecule has 2 amide bonds. The molecule has 0 aromatic carbocycles. The molecule has 1 aliphatic rings. The maximum atomic E-state index is 10.3. The summed E-state index contributed by atoms with van der Waals surface area (Å²) >= 11 is 0. The van der Waals surface area contributed by atoms with Gasteiger partial charge in [-0.05, 0) is 19.3 Å². The molecule has 5 nitrogen and oxygen atoms in total. The van der Waals surface area contributed by atoms with Crippen LogP contribution in [0.4, 0.5) is 4.79 Å². The number of rotatable bonds is 4. The van der Waals surface area contributed by atoms with Crippen molar-refractivity contribution < 1.29 is 9.90 Å². The standard InChI is InChI=1S/C8H17N3O2/c9-8(13)11-5-4-10-6-2-1-3-7(6)12/h6-7,10,12H,1-5H2,(H3,9,11,13)/t6-,7-/m1/s1. The molecule has 0 aromatic heterocycles. The number of urea groups is 1. The fourth-order valence-corrected chi connectivity index (χ4v) is 1.62. The lowest BCUT2D eigenvalue weighted by molar-refractivity contribution is 0.149. The van der Waals surface area contributed by atoms with E-state index in [1.165, 1.54) is 0 Å². The lowest BCUT2D eigenvalue weighted by atomic mass is 10.2. The Bertz CT molecular complexity index is 175. The van der Waals surface area contributed by atoms with E-state index in [0.717, 1.165) is 19.3 Å². The third kappa shape index (κ3) is 3.61. The summed E-state index contributed by atoms with van der Waals surface area (Å²) in [5, 5.41) is 15.1. The minimum atomic E-state index is -0.506. The van der Waals surface area contributed by atoms with E-state index in [2.05, 4.69) is 10.6 Å². The third-order valence-electron chi connectivity index (χ3n) is 2.31. The molecule has 1 rings (SSSR count). The molecule has 0 bridgehead atoms. The molecule has 1 fully saturated rings. The van der Waals surface area contributed by atoms with Gasteiger partial charge < -0.3 is 21.5 Å². The number of carbonyl (C=O) groups is 1. The molecule has 0 spiro atoms. The van der Waals surface area contributed by atoms with Gasteiger partial charge in [0.1, 0.15) is 0 Å². The first-order chi connectivity index (χ1) is 6.20. The fraction of sp³-hybridized carbons (Fsp3) is 0.875. The van der Waals surface area contributed by atoms with Gasteiger partial charge in [-0.1, -0.05) is 0 Å². The fourth-order valence-electron chi connectivity index (χ4n) is 1.62. The highest BCUT2D eigenvalue weighted by molar-refractivity contribution is 5.71. The molecule has 0 saturated heterocycles. The van der Waals surface area contributed by atoms with Crippen molar-refractivity contribution in [2.24, 2.45) is 5.73 Å². The van der Waals surface area contributed by atoms with Gasteiger partial charge in [-0.25, -0.2) is 4.79 Å². The van der Waals surface area contributed by atoms with E-state index in [0.29, 0.717) is 13.1 Å². The van der Waals surface area contributed by atoms with Gasteiger partial charge in [-0.15, -0.1) is 0 Å². The molecule has 5 N–H and O–H groups in total. The lowest BCUT2D eigenvalue weighted by Crippen LogP contribution is -2.41. The highest BCUT2D eigenvalue weighted by Gasteiger charge is 2.23. The molecule has 76 valence electrons. The highest BCUT2D eigenvalue weighted by Crippen LogP contribution is 2.18. The van der Waals surface area contributed by atoms with E-state index in [-0.39, 0.29) is 12.1 Å². The normalized spacial score (nSPS) is 27.5. The summed E-state index contributed by atoms with van der Waals surface area (Å²) in [7, 11) is 0. The Balaban J connectivity index is 2.02. The summed E-state index contributed by atoms with van der Waals surface area (Å²) in [6.45, 7) is 1.17. The van der Waals surface area contributed by atoms with Crippen LogP contribution < -0.4 is 16.4 Å². The number of carbonyl (C=O) groups excluding carboxylic acids is 1. The Labute approximate surface area is 77.7 Å². The number of nitrogens with two attached hydrogens (primary N) is 1. The lowest BCUT2D eigenvalue weighted by Gasteiger charge is -2.15. The first-order valence-electron chi connectivity index (χ1n) is 4.65. The van der Waals surface area contributed by atoms with Gasteiger partial charge in [0, 0.05) is 19.1 Å². The molecular weight excluding hydrogens is 170 g/mol. The van der Waals surface area contributed by atoms with E-state index in [1.54, 1.807) is 0 Å². The summed E-state index contributed by atoms with van der Waals surface area (Å²) in [5.41, 5.74) is 4.89. The number of aliphatic hydroxyl groups is 1. The number of hydrogen-bond donors (Lipinski definition) is 4. The van der Waals surface area contributed by atoms with Crippen LogP contribution in [0.25, 0.3) is 0 Å². The SMILES string of the molecule is NC(=O)NCCN[C@@H]1CCC[C@H]1O. The third-order valence-corrected chi connectivity index (χ3v) is 2.31. The van der Waals surface area contributed by atoms with Crippen LogP contribution in [0.3, 0.4) is 0 Å². The van der Waals surface area contributed by atoms with Gasteiger partial charge in [0.15, 0.2) is 0 Å². The topological polar surface area (TPSA) is 87.4 Å². The van der Waals surface area contributed by atoms with Crippen LogP contribution >= 0.6 is 0 Å². The van der Waals surface area contributed by atoms with E-state index in [9.17, 15) is 9.90 Å². The van der Waals surface area contributed by atoms with Crippen molar-refractivity contribution in [2.45, 2.75) is 31.4 Å². The average Bonchev–Trinajstić information content (AvgIpc) is 2.45. The van der Waals surface area contributed by atoms with Crippen molar-refractivity contribution in [1.29, 1.82) is 0 Å². The maximum Gasteiger partial charge on any atom is 0.312 e. The van der Waals surface area contributed by atoms with Crippen molar-refractivity contribution in [3.05, 3.63) is 0 Å². The molecule has 0 aliphatic heterocycles.